The fourth-order valence-corrected chi connectivity index (χ4v) is 6.75. The molecule has 0 saturated heterocycles. The molecule has 0 N–H and O–H groups in total. The van der Waals surface area contributed by atoms with E-state index in [1.54, 1.807) is 31.5 Å². The van der Waals surface area contributed by atoms with E-state index in [0.717, 1.165) is 46.5 Å². The molecule has 0 bridgehead atoms. The zero-order valence-electron chi connectivity index (χ0n) is 23.5. The Morgan fingerprint density at radius 3 is 2.38 bits per heavy atom. The summed E-state index contributed by atoms with van der Waals surface area (Å²) in [4.78, 5) is 18.7. The lowest BCUT2D eigenvalue weighted by Gasteiger charge is -2.17. The van der Waals surface area contributed by atoms with Crippen molar-refractivity contribution in [2.45, 2.75) is 33.3 Å². The number of fused-ring (bicyclic) bond motifs is 1. The van der Waals surface area contributed by atoms with Crippen LogP contribution in [0, 0.1) is 19.9 Å². The van der Waals surface area contributed by atoms with Gasteiger partial charge in [0.25, 0.3) is 5.56 Å². The van der Waals surface area contributed by atoms with Crippen molar-refractivity contribution in [1.82, 2.24) is 9.66 Å². The van der Waals surface area contributed by atoms with E-state index in [2.05, 4.69) is 64.1 Å². The highest BCUT2D eigenvalue weighted by molar-refractivity contribution is 14.1. The molecule has 4 aromatic carbocycles. The summed E-state index contributed by atoms with van der Waals surface area (Å²) in [5.74, 6) is 1.92. The van der Waals surface area contributed by atoms with Crippen molar-refractivity contribution < 1.29 is 13.9 Å². The third-order valence-electron chi connectivity index (χ3n) is 6.83. The van der Waals surface area contributed by atoms with E-state index in [1.165, 1.54) is 16.8 Å². The van der Waals surface area contributed by atoms with E-state index in [9.17, 15) is 9.18 Å². The van der Waals surface area contributed by atoms with Gasteiger partial charge in [-0.1, -0.05) is 38.1 Å². The second-order valence-electron chi connectivity index (χ2n) is 10.1. The summed E-state index contributed by atoms with van der Waals surface area (Å²) in [5, 5.41) is 5.17. The first-order valence-electron chi connectivity index (χ1n) is 13.3. The van der Waals surface area contributed by atoms with Gasteiger partial charge in [-0.05, 0) is 129 Å². The number of halogens is 3. The first-order valence-corrected chi connectivity index (χ1v) is 15.4. The predicted octanol–water partition coefficient (Wildman–Crippen LogP) is 8.31. The van der Waals surface area contributed by atoms with Gasteiger partial charge in [0.15, 0.2) is 5.82 Å². The van der Waals surface area contributed by atoms with Gasteiger partial charge in [-0.25, -0.2) is 9.37 Å². The fraction of sp³-hybridized carbons (Fsp3) is 0.182. The highest BCUT2D eigenvalue weighted by Crippen LogP contribution is 2.34. The van der Waals surface area contributed by atoms with Crippen LogP contribution in [0.1, 0.15) is 42.0 Å². The van der Waals surface area contributed by atoms with Crippen LogP contribution in [0.2, 0.25) is 0 Å². The molecular formula is C33H28FI2N3O3. The van der Waals surface area contributed by atoms with Crippen LogP contribution in [0.5, 0.6) is 11.5 Å². The summed E-state index contributed by atoms with van der Waals surface area (Å²) in [6, 6.07) is 21.5. The molecular weight excluding hydrogens is 759 g/mol. The molecule has 0 aliphatic heterocycles. The Kier molecular flexibility index (Phi) is 9.26. The Morgan fingerprint density at radius 1 is 1.02 bits per heavy atom. The molecule has 0 atom stereocenters. The Morgan fingerprint density at radius 2 is 1.71 bits per heavy atom. The summed E-state index contributed by atoms with van der Waals surface area (Å²) in [6.07, 6.45) is 1.66. The summed E-state index contributed by atoms with van der Waals surface area (Å²) in [7, 11) is 1.66. The van der Waals surface area contributed by atoms with E-state index >= 15 is 0 Å². The summed E-state index contributed by atoms with van der Waals surface area (Å²) in [5.41, 5.74) is 4.80. The van der Waals surface area contributed by atoms with Crippen LogP contribution >= 0.6 is 45.2 Å². The third-order valence-corrected chi connectivity index (χ3v) is 8.44. The van der Waals surface area contributed by atoms with Gasteiger partial charge in [0.1, 0.15) is 23.9 Å². The molecule has 6 nitrogen and oxygen atoms in total. The Hall–Kier alpha value is -3.32. The van der Waals surface area contributed by atoms with Gasteiger partial charge in [0.2, 0.25) is 0 Å². The monoisotopic (exact) mass is 787 g/mol. The van der Waals surface area contributed by atoms with Gasteiger partial charge in [-0.2, -0.15) is 9.78 Å². The second-order valence-corrected chi connectivity index (χ2v) is 12.4. The minimum Gasteiger partial charge on any atom is -0.496 e. The van der Waals surface area contributed by atoms with E-state index in [-0.39, 0.29) is 17.3 Å². The van der Waals surface area contributed by atoms with E-state index in [0.29, 0.717) is 23.3 Å². The first kappa shape index (κ1) is 30.1. The lowest BCUT2D eigenvalue weighted by Crippen LogP contribution is -2.21. The van der Waals surface area contributed by atoms with Crippen LogP contribution in [0.15, 0.2) is 82.7 Å². The van der Waals surface area contributed by atoms with Crippen LogP contribution in [0.4, 0.5) is 4.39 Å². The highest BCUT2D eigenvalue weighted by Gasteiger charge is 2.18. The van der Waals surface area contributed by atoms with E-state index in [1.807, 2.05) is 49.4 Å². The molecule has 0 fully saturated rings. The number of ether oxygens (including phenoxy) is 2. The lowest BCUT2D eigenvalue weighted by molar-refractivity contribution is 0.301. The van der Waals surface area contributed by atoms with E-state index in [4.69, 9.17) is 14.5 Å². The standard InChI is InChI=1S/C33H28FI2N3O3/c1-19(2)25-16-26(20(3)13-30(25)41-4)32-38-29-8-6-5-7-24(29)33(40)39(32)37-17-22-14-27(35)31(28(36)15-22)42-18-21-9-11-23(34)12-10-21/h5-17,19H,18H2,1-4H3. The number of nitrogens with zero attached hydrogens (tertiary/aromatic N) is 3. The average Bonchev–Trinajstić information content (AvgIpc) is 2.96. The van der Waals surface area contributed by atoms with Crippen molar-refractivity contribution in [1.29, 1.82) is 0 Å². The second kappa shape index (κ2) is 12.9. The minimum absolute atomic E-state index is 0.205. The predicted molar refractivity (Wildman–Crippen MR) is 182 cm³/mol. The molecule has 9 heteroatoms. The molecule has 0 aliphatic carbocycles. The van der Waals surface area contributed by atoms with Crippen molar-refractivity contribution in [3.8, 4) is 22.9 Å². The molecule has 0 saturated carbocycles. The van der Waals surface area contributed by atoms with Gasteiger partial charge in [0.05, 0.1) is 31.4 Å². The molecule has 5 rings (SSSR count). The maximum absolute atomic E-state index is 13.8. The number of aryl methyl sites for hydroxylation is 1. The van der Waals surface area contributed by atoms with Crippen molar-refractivity contribution in [2.75, 3.05) is 7.11 Å². The number of hydrogen-bond donors (Lipinski definition) is 0. The molecule has 0 unspecified atom stereocenters. The van der Waals surface area contributed by atoms with Gasteiger partial charge in [0, 0.05) is 5.56 Å². The van der Waals surface area contributed by atoms with Crippen molar-refractivity contribution in [3.63, 3.8) is 0 Å². The smallest absolute Gasteiger partial charge is 0.282 e. The van der Waals surface area contributed by atoms with Crippen LogP contribution in [0.3, 0.4) is 0 Å². The maximum Gasteiger partial charge on any atom is 0.282 e. The summed E-state index contributed by atoms with van der Waals surface area (Å²) >= 11 is 4.45. The minimum atomic E-state index is -0.280. The van der Waals surface area contributed by atoms with Gasteiger partial charge in [-0.3, -0.25) is 4.79 Å². The Labute approximate surface area is 270 Å². The first-order chi connectivity index (χ1) is 20.2. The zero-order valence-corrected chi connectivity index (χ0v) is 27.8. The lowest BCUT2D eigenvalue weighted by atomic mass is 9.96. The number of benzene rings is 4. The highest BCUT2D eigenvalue weighted by atomic mass is 127. The van der Waals surface area contributed by atoms with Crippen LogP contribution in [0.25, 0.3) is 22.3 Å². The van der Waals surface area contributed by atoms with Gasteiger partial charge >= 0.3 is 0 Å². The van der Waals surface area contributed by atoms with Crippen LogP contribution in [-0.2, 0) is 6.61 Å². The van der Waals surface area contributed by atoms with E-state index < -0.39 is 0 Å². The fourth-order valence-electron chi connectivity index (χ4n) is 4.62. The van der Waals surface area contributed by atoms with Gasteiger partial charge in [-0.15, -0.1) is 0 Å². The number of methoxy groups -OCH3 is 1. The molecule has 5 aromatic rings. The Bertz CT molecular complexity index is 1850. The number of para-hydroxylation sites is 1. The molecule has 0 radical (unpaired) electrons. The zero-order chi connectivity index (χ0) is 30.0. The summed E-state index contributed by atoms with van der Waals surface area (Å²) < 4.78 is 28.1. The van der Waals surface area contributed by atoms with Crippen LogP contribution in [-0.4, -0.2) is 23.0 Å². The Balaban J connectivity index is 1.56. The SMILES string of the molecule is COc1cc(C)c(-c2nc3ccccc3c(=O)n2N=Cc2cc(I)c(OCc3ccc(F)cc3)c(I)c2)cc1C(C)C. The van der Waals surface area contributed by atoms with Crippen molar-refractivity contribution in [2.24, 2.45) is 5.10 Å². The van der Waals surface area contributed by atoms with Crippen molar-refractivity contribution in [3.05, 3.63) is 118 Å². The average molecular weight is 787 g/mol. The number of hydrogen-bond acceptors (Lipinski definition) is 5. The molecule has 214 valence electrons. The normalized spacial score (nSPS) is 11.5. The largest absolute Gasteiger partial charge is 0.496 e. The topological polar surface area (TPSA) is 65.7 Å². The molecule has 0 amide bonds. The molecule has 0 spiro atoms. The number of rotatable bonds is 8. The van der Waals surface area contributed by atoms with Crippen LogP contribution < -0.4 is 15.0 Å². The molecule has 1 aromatic heterocycles. The van der Waals surface area contributed by atoms with Gasteiger partial charge < -0.3 is 9.47 Å². The maximum atomic E-state index is 13.8. The number of aromatic nitrogens is 2. The quantitative estimate of drug-likeness (QED) is 0.117. The molecule has 42 heavy (non-hydrogen) atoms. The molecule has 0 aliphatic rings. The summed E-state index contributed by atoms with van der Waals surface area (Å²) in [6.45, 7) is 6.51. The van der Waals surface area contributed by atoms with Crippen molar-refractivity contribution >= 4 is 62.3 Å². The molecule has 1 heterocycles. The third kappa shape index (κ3) is 6.36.